The predicted octanol–water partition coefficient (Wildman–Crippen LogP) is 3.12. The van der Waals surface area contributed by atoms with E-state index in [1.54, 1.807) is 4.90 Å². The number of nitrogens with zero attached hydrogens (tertiary/aromatic N) is 4. The van der Waals surface area contributed by atoms with Gasteiger partial charge in [0.25, 0.3) is 5.91 Å². The topological polar surface area (TPSA) is 95.7 Å². The van der Waals surface area contributed by atoms with Gasteiger partial charge < -0.3 is 14.9 Å². The Hall–Kier alpha value is -3.44. The van der Waals surface area contributed by atoms with Crippen molar-refractivity contribution in [1.82, 2.24) is 19.6 Å². The molecular weight excluding hydrogens is 496 g/mol. The van der Waals surface area contributed by atoms with Crippen molar-refractivity contribution >= 4 is 17.8 Å². The second kappa shape index (κ2) is 8.29. The smallest absolute Gasteiger partial charge is 0.416 e. The highest BCUT2D eigenvalue weighted by molar-refractivity contribution is 5.94. The summed E-state index contributed by atoms with van der Waals surface area (Å²) in [5.74, 6) is -3.42. The van der Waals surface area contributed by atoms with Gasteiger partial charge in [-0.15, -0.1) is 0 Å². The third-order valence-electron chi connectivity index (χ3n) is 7.96. The van der Waals surface area contributed by atoms with Gasteiger partial charge in [-0.3, -0.25) is 19.1 Å². The Morgan fingerprint density at radius 3 is 2.35 bits per heavy atom. The summed E-state index contributed by atoms with van der Waals surface area (Å²) in [4.78, 5) is 41.0. The van der Waals surface area contributed by atoms with Crippen LogP contribution in [-0.4, -0.2) is 68.6 Å². The number of hydrogen-bond acceptors (Lipinski definition) is 4. The quantitative estimate of drug-likeness (QED) is 0.609. The molecule has 0 radical (unpaired) electrons. The van der Waals surface area contributed by atoms with Gasteiger partial charge in [-0.05, 0) is 29.5 Å². The lowest BCUT2D eigenvalue weighted by molar-refractivity contribution is -0.158. The van der Waals surface area contributed by atoms with E-state index in [1.165, 1.54) is 17.3 Å². The molecule has 1 spiro atoms. The van der Waals surface area contributed by atoms with Crippen molar-refractivity contribution in [3.63, 3.8) is 0 Å². The number of carboxylic acid groups (broad SMARTS) is 1. The van der Waals surface area contributed by atoms with Gasteiger partial charge in [-0.2, -0.15) is 18.3 Å². The van der Waals surface area contributed by atoms with Gasteiger partial charge in [-0.1, -0.05) is 19.9 Å². The molecule has 2 unspecified atom stereocenters. The van der Waals surface area contributed by atoms with Gasteiger partial charge in [0.15, 0.2) is 0 Å². The number of carbonyl (C=O) groups excluding carboxylic acids is 2. The number of carboxylic acids is 1. The summed E-state index contributed by atoms with van der Waals surface area (Å²) in [6.07, 6.45) is -1.45. The number of hydrogen-bond donors (Lipinski definition) is 1. The Bertz CT molecular complexity index is 1280. The number of likely N-dealkylation sites (tertiary alicyclic amines) is 2. The minimum absolute atomic E-state index is 0.0184. The minimum atomic E-state index is -4.76. The molecule has 37 heavy (non-hydrogen) atoms. The number of benzene rings is 1. The van der Waals surface area contributed by atoms with E-state index >= 15 is 0 Å². The second-order valence-electron chi connectivity index (χ2n) is 11.1. The van der Waals surface area contributed by atoms with Crippen LogP contribution >= 0.6 is 0 Å². The molecule has 1 saturated carbocycles. The summed E-state index contributed by atoms with van der Waals surface area (Å²) in [5, 5.41) is 13.8. The molecule has 1 aliphatic carbocycles. The molecule has 3 aliphatic rings. The van der Waals surface area contributed by atoms with Gasteiger partial charge in [-0.25, -0.2) is 4.39 Å². The number of amides is 2. The van der Waals surface area contributed by atoms with Crippen LogP contribution in [0, 0.1) is 28.5 Å². The van der Waals surface area contributed by atoms with Crippen LogP contribution in [0.4, 0.5) is 17.6 Å². The van der Waals surface area contributed by atoms with Crippen LogP contribution in [0.1, 0.15) is 41.8 Å². The fraction of sp³-hybridized carbons (Fsp3) is 0.520. The van der Waals surface area contributed by atoms with Crippen molar-refractivity contribution in [1.29, 1.82) is 0 Å². The summed E-state index contributed by atoms with van der Waals surface area (Å²) in [6, 6.07) is 2.36. The molecule has 198 valence electrons. The van der Waals surface area contributed by atoms with E-state index in [2.05, 4.69) is 5.10 Å². The Kier molecular flexibility index (Phi) is 5.65. The zero-order valence-electron chi connectivity index (χ0n) is 20.3. The Labute approximate surface area is 209 Å². The highest BCUT2D eigenvalue weighted by Crippen LogP contribution is 2.54. The maximum Gasteiger partial charge on any atom is 0.416 e. The first-order valence-electron chi connectivity index (χ1n) is 11.9. The number of carbonyl (C=O) groups is 3. The van der Waals surface area contributed by atoms with Crippen LogP contribution in [0.2, 0.25) is 0 Å². The average molecular weight is 522 g/mol. The molecule has 2 aromatic rings. The first kappa shape index (κ1) is 25.2. The lowest BCUT2D eigenvalue weighted by atomic mass is 9.71. The van der Waals surface area contributed by atoms with E-state index in [0.29, 0.717) is 6.07 Å². The third-order valence-corrected chi connectivity index (χ3v) is 7.96. The molecular formula is C25H26F4N4O4. The Morgan fingerprint density at radius 2 is 1.76 bits per heavy atom. The van der Waals surface area contributed by atoms with E-state index in [-0.39, 0.29) is 61.1 Å². The van der Waals surface area contributed by atoms with Crippen molar-refractivity contribution in [2.24, 2.45) is 22.7 Å². The standard InChI is InChI=1S/C25H26F4N4O4/c1-23(2)6-18(23)21(35)32-12-24(13-32)11-31(10-19(24)22(36)37)20(34)15-7-30-33(9-15)8-14-3-4-16(26)5-17(14)25(27,28)29/h3-5,7,9,18-19H,6,8,10-13H2,1-2H3,(H,36,37). The zero-order valence-corrected chi connectivity index (χ0v) is 20.3. The summed E-state index contributed by atoms with van der Waals surface area (Å²) in [6.45, 7) is 4.35. The van der Waals surface area contributed by atoms with Crippen molar-refractivity contribution < 1.29 is 37.1 Å². The molecule has 5 rings (SSSR count). The van der Waals surface area contributed by atoms with Crippen molar-refractivity contribution in [3.8, 4) is 0 Å². The second-order valence-corrected chi connectivity index (χ2v) is 11.1. The summed E-state index contributed by atoms with van der Waals surface area (Å²) >= 11 is 0. The van der Waals surface area contributed by atoms with Crippen LogP contribution < -0.4 is 0 Å². The van der Waals surface area contributed by atoms with Crippen LogP contribution in [0.25, 0.3) is 0 Å². The zero-order chi connectivity index (χ0) is 26.9. The first-order valence-corrected chi connectivity index (χ1v) is 11.9. The van der Waals surface area contributed by atoms with Gasteiger partial charge in [0.05, 0.1) is 29.8 Å². The number of aliphatic carboxylic acids is 1. The van der Waals surface area contributed by atoms with Crippen molar-refractivity contribution in [2.75, 3.05) is 26.2 Å². The van der Waals surface area contributed by atoms with Gasteiger partial charge in [0.1, 0.15) is 5.82 Å². The SMILES string of the molecule is CC1(C)CC1C(=O)N1CC2(CN(C(=O)c3cnn(Cc4ccc(F)cc4C(F)(F)F)c3)CC2C(=O)O)C1. The molecule has 3 heterocycles. The minimum Gasteiger partial charge on any atom is -0.481 e. The highest BCUT2D eigenvalue weighted by Gasteiger charge is 2.62. The molecule has 2 atom stereocenters. The molecule has 0 bridgehead atoms. The maximum absolute atomic E-state index is 13.4. The fourth-order valence-electron chi connectivity index (χ4n) is 5.63. The van der Waals surface area contributed by atoms with Crippen LogP contribution in [0.5, 0.6) is 0 Å². The summed E-state index contributed by atoms with van der Waals surface area (Å²) in [7, 11) is 0. The molecule has 12 heteroatoms. The first-order chi connectivity index (χ1) is 17.2. The van der Waals surface area contributed by atoms with Crippen LogP contribution in [0.15, 0.2) is 30.6 Å². The van der Waals surface area contributed by atoms with Crippen molar-refractivity contribution in [2.45, 2.75) is 33.0 Å². The monoisotopic (exact) mass is 522 g/mol. The van der Waals surface area contributed by atoms with Crippen LogP contribution in [0.3, 0.4) is 0 Å². The highest BCUT2D eigenvalue weighted by atomic mass is 19.4. The molecule has 1 aromatic carbocycles. The number of halogens is 4. The average Bonchev–Trinajstić information content (AvgIpc) is 3.14. The number of rotatable bonds is 5. The molecule has 1 aromatic heterocycles. The van der Waals surface area contributed by atoms with Gasteiger partial charge in [0.2, 0.25) is 5.91 Å². The van der Waals surface area contributed by atoms with E-state index in [9.17, 15) is 37.1 Å². The normalized spacial score (nSPS) is 23.7. The van der Waals surface area contributed by atoms with Crippen molar-refractivity contribution in [3.05, 3.63) is 53.1 Å². The Balaban J connectivity index is 1.28. The van der Waals surface area contributed by atoms with Gasteiger partial charge >= 0.3 is 12.1 Å². The fourth-order valence-corrected chi connectivity index (χ4v) is 5.63. The largest absolute Gasteiger partial charge is 0.481 e. The number of alkyl halides is 3. The van der Waals surface area contributed by atoms with E-state index in [0.717, 1.165) is 23.2 Å². The summed E-state index contributed by atoms with van der Waals surface area (Å²) < 4.78 is 54.5. The molecule has 2 saturated heterocycles. The molecule has 2 amide bonds. The molecule has 8 nitrogen and oxygen atoms in total. The van der Waals surface area contributed by atoms with E-state index in [1.807, 2.05) is 13.8 Å². The number of aromatic nitrogens is 2. The summed E-state index contributed by atoms with van der Waals surface area (Å²) in [5.41, 5.74) is -2.01. The predicted molar refractivity (Wildman–Crippen MR) is 121 cm³/mol. The molecule has 1 N–H and O–H groups in total. The lowest BCUT2D eigenvalue weighted by Gasteiger charge is -2.50. The van der Waals surface area contributed by atoms with Gasteiger partial charge in [0, 0.05) is 43.7 Å². The third kappa shape index (κ3) is 4.46. The molecule has 2 aliphatic heterocycles. The van der Waals surface area contributed by atoms with E-state index in [4.69, 9.17) is 0 Å². The Morgan fingerprint density at radius 1 is 1.11 bits per heavy atom. The van der Waals surface area contributed by atoms with E-state index < -0.39 is 40.8 Å². The lowest BCUT2D eigenvalue weighted by Crippen LogP contribution is -2.63. The molecule has 3 fully saturated rings. The maximum atomic E-state index is 13.4. The van der Waals surface area contributed by atoms with Crippen LogP contribution in [-0.2, 0) is 22.3 Å².